The van der Waals surface area contributed by atoms with E-state index in [1.165, 1.54) is 18.2 Å². The van der Waals surface area contributed by atoms with E-state index >= 15 is 0 Å². The van der Waals surface area contributed by atoms with Crippen LogP contribution in [0.3, 0.4) is 0 Å². The third-order valence-electron chi connectivity index (χ3n) is 3.60. The van der Waals surface area contributed by atoms with Gasteiger partial charge in [-0.15, -0.1) is 0 Å². The fraction of sp³-hybridized carbons (Fsp3) is 0.158. The zero-order valence-corrected chi connectivity index (χ0v) is 13.2. The summed E-state index contributed by atoms with van der Waals surface area (Å²) in [6.45, 7) is 0. The lowest BCUT2D eigenvalue weighted by atomic mass is 10.1. The summed E-state index contributed by atoms with van der Waals surface area (Å²) >= 11 is 0. The van der Waals surface area contributed by atoms with E-state index in [1.807, 2.05) is 24.3 Å². The third kappa shape index (κ3) is 3.87. The molecule has 2 aromatic rings. The molecule has 3 rings (SSSR count). The summed E-state index contributed by atoms with van der Waals surface area (Å²) in [6, 6.07) is 13.6. The molecule has 0 atom stereocenters. The number of hydrogen-bond donors (Lipinski definition) is 0. The third-order valence-corrected chi connectivity index (χ3v) is 3.60. The molecule has 1 heterocycles. The molecule has 0 spiro atoms. The molecule has 0 radical (unpaired) electrons. The largest absolute Gasteiger partial charge is 0.497 e. The number of carbonyl (C=O) groups excluding carboxylic acids is 1. The second-order valence-electron chi connectivity index (χ2n) is 5.33. The number of nitrogens with zero attached hydrogens (tertiary/aromatic N) is 1. The van der Waals surface area contributed by atoms with E-state index in [-0.39, 0.29) is 11.5 Å². The lowest BCUT2D eigenvalue weighted by Crippen LogP contribution is -2.05. The van der Waals surface area contributed by atoms with Crippen LogP contribution in [0.25, 0.3) is 6.08 Å². The monoisotopic (exact) mass is 325 g/mol. The summed E-state index contributed by atoms with van der Waals surface area (Å²) < 4.78 is 23.5. The lowest BCUT2D eigenvalue weighted by Gasteiger charge is -2.03. The first-order valence-electron chi connectivity index (χ1n) is 7.54. The van der Waals surface area contributed by atoms with Crippen LogP contribution in [0.1, 0.15) is 17.5 Å². The van der Waals surface area contributed by atoms with Crippen LogP contribution in [0.4, 0.5) is 4.39 Å². The highest BCUT2D eigenvalue weighted by atomic mass is 19.1. The molecule has 0 aromatic heterocycles. The Bertz CT molecular complexity index is 810. The van der Waals surface area contributed by atoms with E-state index in [0.717, 1.165) is 11.3 Å². The molecular formula is C19H16FNO3. The van der Waals surface area contributed by atoms with Gasteiger partial charge in [-0.05, 0) is 47.9 Å². The van der Waals surface area contributed by atoms with Gasteiger partial charge >= 0.3 is 5.97 Å². The van der Waals surface area contributed by atoms with Crippen LogP contribution in [0.2, 0.25) is 0 Å². The summed E-state index contributed by atoms with van der Waals surface area (Å²) in [4.78, 5) is 16.1. The van der Waals surface area contributed by atoms with Crippen LogP contribution in [0.5, 0.6) is 5.75 Å². The van der Waals surface area contributed by atoms with Crippen molar-refractivity contribution in [2.45, 2.75) is 12.8 Å². The Kier molecular flexibility index (Phi) is 4.70. The number of ether oxygens (including phenoxy) is 2. The molecule has 24 heavy (non-hydrogen) atoms. The van der Waals surface area contributed by atoms with Crippen LogP contribution in [-0.4, -0.2) is 19.0 Å². The Morgan fingerprint density at radius 3 is 2.67 bits per heavy atom. The highest BCUT2D eigenvalue weighted by Gasteiger charge is 2.22. The number of cyclic esters (lactones) is 1. The Balaban J connectivity index is 1.67. The molecule has 5 heteroatoms. The van der Waals surface area contributed by atoms with E-state index < -0.39 is 5.97 Å². The fourth-order valence-corrected chi connectivity index (χ4v) is 2.36. The predicted molar refractivity (Wildman–Crippen MR) is 89.2 cm³/mol. The van der Waals surface area contributed by atoms with Crippen molar-refractivity contribution >= 4 is 17.9 Å². The van der Waals surface area contributed by atoms with Crippen molar-refractivity contribution in [2.24, 2.45) is 4.99 Å². The van der Waals surface area contributed by atoms with Crippen LogP contribution < -0.4 is 4.74 Å². The van der Waals surface area contributed by atoms with Crippen molar-refractivity contribution in [3.63, 3.8) is 0 Å². The van der Waals surface area contributed by atoms with E-state index in [2.05, 4.69) is 4.99 Å². The number of carbonyl (C=O) groups is 1. The molecule has 0 aliphatic carbocycles. The van der Waals surface area contributed by atoms with E-state index in [1.54, 1.807) is 19.2 Å². The maximum Gasteiger partial charge on any atom is 0.363 e. The molecule has 0 unspecified atom stereocenters. The topological polar surface area (TPSA) is 47.9 Å². The van der Waals surface area contributed by atoms with Crippen LogP contribution in [0, 0.1) is 5.82 Å². The molecule has 2 aromatic carbocycles. The maximum atomic E-state index is 13.2. The summed E-state index contributed by atoms with van der Waals surface area (Å²) in [5.74, 6) is 0.297. The molecule has 4 nitrogen and oxygen atoms in total. The van der Waals surface area contributed by atoms with Crippen LogP contribution in [0.15, 0.2) is 59.2 Å². The molecule has 1 aliphatic rings. The molecular weight excluding hydrogens is 309 g/mol. The van der Waals surface area contributed by atoms with Crippen molar-refractivity contribution in [1.29, 1.82) is 0 Å². The van der Waals surface area contributed by atoms with Crippen molar-refractivity contribution in [2.75, 3.05) is 7.11 Å². The van der Waals surface area contributed by atoms with Gasteiger partial charge in [-0.1, -0.05) is 24.3 Å². The van der Waals surface area contributed by atoms with Gasteiger partial charge in [0.1, 0.15) is 11.6 Å². The second-order valence-corrected chi connectivity index (χ2v) is 5.33. The number of benzene rings is 2. The highest BCUT2D eigenvalue weighted by Crippen LogP contribution is 2.19. The Morgan fingerprint density at radius 2 is 1.96 bits per heavy atom. The normalized spacial score (nSPS) is 15.3. The number of hydrogen-bond acceptors (Lipinski definition) is 4. The van der Waals surface area contributed by atoms with Crippen LogP contribution >= 0.6 is 0 Å². The van der Waals surface area contributed by atoms with Gasteiger partial charge in [0.2, 0.25) is 0 Å². The van der Waals surface area contributed by atoms with E-state index in [0.29, 0.717) is 24.3 Å². The highest BCUT2D eigenvalue weighted by molar-refractivity contribution is 6.07. The van der Waals surface area contributed by atoms with Gasteiger partial charge in [-0.3, -0.25) is 0 Å². The van der Waals surface area contributed by atoms with E-state index in [4.69, 9.17) is 9.47 Å². The SMILES string of the molecule is COc1ccc(CCC2=N/C(=C/c3cccc(F)c3)C(=O)O2)cc1. The van der Waals surface area contributed by atoms with Gasteiger partial charge in [0.05, 0.1) is 7.11 Å². The van der Waals surface area contributed by atoms with E-state index in [9.17, 15) is 9.18 Å². The minimum Gasteiger partial charge on any atom is -0.497 e. The molecule has 1 aliphatic heterocycles. The van der Waals surface area contributed by atoms with Crippen LogP contribution in [-0.2, 0) is 16.0 Å². The number of aliphatic imine (C=N–C) groups is 1. The first-order valence-corrected chi connectivity index (χ1v) is 7.54. The van der Waals surface area contributed by atoms with Crippen molar-refractivity contribution < 1.29 is 18.7 Å². The molecule has 0 N–H and O–H groups in total. The lowest BCUT2D eigenvalue weighted by molar-refractivity contribution is -0.130. The average Bonchev–Trinajstić information content (AvgIpc) is 2.93. The summed E-state index contributed by atoms with van der Waals surface area (Å²) in [7, 11) is 1.62. The average molecular weight is 325 g/mol. The molecule has 0 saturated carbocycles. The Hall–Kier alpha value is -2.95. The minimum atomic E-state index is -0.510. The number of esters is 1. The number of aryl methyl sites for hydroxylation is 1. The zero-order valence-electron chi connectivity index (χ0n) is 13.2. The molecule has 0 saturated heterocycles. The summed E-state index contributed by atoms with van der Waals surface area (Å²) in [6.07, 6.45) is 2.73. The van der Waals surface area contributed by atoms with Crippen molar-refractivity contribution in [3.05, 3.63) is 71.2 Å². The smallest absolute Gasteiger partial charge is 0.363 e. The zero-order chi connectivity index (χ0) is 16.9. The van der Waals surface area contributed by atoms with Gasteiger partial charge in [0.25, 0.3) is 0 Å². The fourth-order valence-electron chi connectivity index (χ4n) is 2.36. The number of methoxy groups -OCH3 is 1. The first kappa shape index (κ1) is 15.9. The molecule has 0 bridgehead atoms. The second kappa shape index (κ2) is 7.08. The molecule has 122 valence electrons. The van der Waals surface area contributed by atoms with Gasteiger partial charge in [0, 0.05) is 6.42 Å². The standard InChI is InChI=1S/C19H16FNO3/c1-23-16-8-5-13(6-9-16)7-10-18-21-17(19(22)24-18)12-14-3-2-4-15(20)11-14/h2-6,8-9,11-12H,7,10H2,1H3/b17-12+. The minimum absolute atomic E-state index is 0.185. The van der Waals surface area contributed by atoms with Gasteiger partial charge in [-0.25, -0.2) is 14.2 Å². The quantitative estimate of drug-likeness (QED) is 0.621. The number of rotatable bonds is 5. The molecule has 0 amide bonds. The summed E-state index contributed by atoms with van der Waals surface area (Å²) in [5.41, 5.74) is 1.85. The predicted octanol–water partition coefficient (Wildman–Crippen LogP) is 3.76. The van der Waals surface area contributed by atoms with Gasteiger partial charge in [-0.2, -0.15) is 0 Å². The van der Waals surface area contributed by atoms with Crippen molar-refractivity contribution in [1.82, 2.24) is 0 Å². The van der Waals surface area contributed by atoms with Gasteiger partial charge < -0.3 is 9.47 Å². The van der Waals surface area contributed by atoms with Crippen molar-refractivity contribution in [3.8, 4) is 5.75 Å². The maximum absolute atomic E-state index is 13.2. The Morgan fingerprint density at radius 1 is 1.17 bits per heavy atom. The summed E-state index contributed by atoms with van der Waals surface area (Å²) in [5, 5.41) is 0. The van der Waals surface area contributed by atoms with Gasteiger partial charge in [0.15, 0.2) is 11.6 Å². The Labute approximate surface area is 139 Å². The number of halogens is 1. The first-order chi connectivity index (χ1) is 11.6. The molecule has 0 fully saturated rings.